The zero-order chi connectivity index (χ0) is 25.1. The second-order valence-electron chi connectivity index (χ2n) is 9.67. The van der Waals surface area contributed by atoms with Crippen molar-refractivity contribution in [2.75, 3.05) is 13.7 Å². The molecule has 1 amide bonds. The molecule has 0 atom stereocenters. The van der Waals surface area contributed by atoms with Gasteiger partial charge in [0.2, 0.25) is 0 Å². The number of nitrogens with zero attached hydrogens (tertiary/aromatic N) is 2. The molecule has 1 aromatic heterocycles. The van der Waals surface area contributed by atoms with Crippen molar-refractivity contribution in [2.45, 2.75) is 64.3 Å². The van der Waals surface area contributed by atoms with Gasteiger partial charge in [-0.15, -0.1) is 0 Å². The van der Waals surface area contributed by atoms with Crippen LogP contribution in [0.3, 0.4) is 0 Å². The number of rotatable bonds is 7. The highest BCUT2D eigenvalue weighted by Gasteiger charge is 2.35. The highest BCUT2D eigenvalue weighted by atomic mass is 19.4. The summed E-state index contributed by atoms with van der Waals surface area (Å²) in [5, 5.41) is 3.01. The number of halogens is 3. The molecule has 6 nitrogen and oxygen atoms in total. The molecule has 1 fully saturated rings. The highest BCUT2D eigenvalue weighted by molar-refractivity contribution is 5.94. The second-order valence-corrected chi connectivity index (χ2v) is 9.67. The number of alkyl halides is 3. The normalized spacial score (nSPS) is 17.6. The Morgan fingerprint density at radius 3 is 2.49 bits per heavy atom. The second kappa shape index (κ2) is 10.4. The van der Waals surface area contributed by atoms with E-state index in [-0.39, 0.29) is 17.3 Å². The van der Waals surface area contributed by atoms with Crippen molar-refractivity contribution in [3.05, 3.63) is 64.5 Å². The first-order valence-electron chi connectivity index (χ1n) is 11.9. The molecule has 0 unspecified atom stereocenters. The Morgan fingerprint density at radius 1 is 1.11 bits per heavy atom. The number of benzene rings is 1. The fourth-order valence-corrected chi connectivity index (χ4v) is 5.09. The zero-order valence-electron chi connectivity index (χ0n) is 19.8. The van der Waals surface area contributed by atoms with E-state index in [2.05, 4.69) is 15.2 Å². The van der Waals surface area contributed by atoms with E-state index in [0.29, 0.717) is 38.2 Å². The largest absolute Gasteiger partial charge is 0.469 e. The van der Waals surface area contributed by atoms with Crippen LogP contribution in [0.5, 0.6) is 0 Å². The lowest BCUT2D eigenvalue weighted by Gasteiger charge is -2.36. The topological polar surface area (TPSA) is 71.5 Å². The molecule has 9 heteroatoms. The summed E-state index contributed by atoms with van der Waals surface area (Å²) in [6.07, 6.45) is 2.46. The predicted octanol–water partition coefficient (Wildman–Crippen LogP) is 4.86. The minimum atomic E-state index is -4.35. The monoisotopic (exact) mass is 489 g/mol. The van der Waals surface area contributed by atoms with Crippen LogP contribution in [0.1, 0.15) is 71.3 Å². The van der Waals surface area contributed by atoms with E-state index in [1.165, 1.54) is 19.2 Å². The first-order chi connectivity index (χ1) is 16.7. The number of fused-ring (bicyclic) bond motifs is 1. The lowest BCUT2D eigenvalue weighted by Crippen LogP contribution is -2.40. The maximum atomic E-state index is 12.9. The van der Waals surface area contributed by atoms with Gasteiger partial charge in [-0.1, -0.05) is 31.4 Å². The maximum Gasteiger partial charge on any atom is 0.416 e. The van der Waals surface area contributed by atoms with Gasteiger partial charge in [-0.3, -0.25) is 19.5 Å². The summed E-state index contributed by atoms with van der Waals surface area (Å²) in [5.41, 5.74) is 2.11. The van der Waals surface area contributed by atoms with Crippen LogP contribution in [0.2, 0.25) is 0 Å². The van der Waals surface area contributed by atoms with E-state index in [1.54, 1.807) is 6.20 Å². The molecular weight excluding hydrogens is 459 g/mol. The third-order valence-electron chi connectivity index (χ3n) is 7.06. The molecule has 2 aliphatic rings. The molecule has 4 rings (SSSR count). The lowest BCUT2D eigenvalue weighted by atomic mass is 9.71. The number of methoxy groups -OCH3 is 1. The quantitative estimate of drug-likeness (QED) is 0.563. The summed E-state index contributed by atoms with van der Waals surface area (Å²) in [6, 6.07) is 7.01. The van der Waals surface area contributed by atoms with E-state index >= 15 is 0 Å². The standard InChI is InChI=1S/C26H30F3N3O3/c1-35-23(33)12-25(9-3-2-4-10-25)17-31-24(34)19-11-20-15-32(16-22(20)30-13-19)14-18-5-7-21(8-6-18)26(27,28)29/h5-8,11,13H,2-4,9-10,12,14-17H2,1H3,(H,31,34). The lowest BCUT2D eigenvalue weighted by molar-refractivity contribution is -0.144. The van der Waals surface area contributed by atoms with Crippen LogP contribution in [0.4, 0.5) is 13.2 Å². The van der Waals surface area contributed by atoms with E-state index in [1.807, 2.05) is 6.07 Å². The molecule has 1 aliphatic heterocycles. The van der Waals surface area contributed by atoms with E-state index in [9.17, 15) is 22.8 Å². The van der Waals surface area contributed by atoms with Gasteiger partial charge in [0.1, 0.15) is 0 Å². The van der Waals surface area contributed by atoms with Crippen LogP contribution in [0, 0.1) is 5.41 Å². The average Bonchev–Trinajstić information content (AvgIpc) is 3.24. The number of amides is 1. The molecule has 0 spiro atoms. The van der Waals surface area contributed by atoms with Gasteiger partial charge in [0.15, 0.2) is 0 Å². The van der Waals surface area contributed by atoms with E-state index < -0.39 is 11.7 Å². The molecule has 188 valence electrons. The fourth-order valence-electron chi connectivity index (χ4n) is 5.09. The van der Waals surface area contributed by atoms with E-state index in [0.717, 1.165) is 61.1 Å². The van der Waals surface area contributed by atoms with Gasteiger partial charge in [-0.2, -0.15) is 13.2 Å². The number of esters is 1. The van der Waals surface area contributed by atoms with Crippen molar-refractivity contribution in [1.29, 1.82) is 0 Å². The SMILES string of the molecule is COC(=O)CC1(CNC(=O)c2cnc3c(c2)CN(Cc2ccc(C(F)(F)F)cc2)C3)CCCCC1. The Labute approximate surface area is 202 Å². The number of carbonyl (C=O) groups is 2. The number of ether oxygens (including phenoxy) is 1. The minimum Gasteiger partial charge on any atom is -0.469 e. The Bertz CT molecular complexity index is 1060. The van der Waals surface area contributed by atoms with Gasteiger partial charge in [-0.05, 0) is 47.6 Å². The van der Waals surface area contributed by atoms with Gasteiger partial charge in [0.25, 0.3) is 5.91 Å². The molecule has 1 aliphatic carbocycles. The number of hydrogen-bond donors (Lipinski definition) is 1. The van der Waals surface area contributed by atoms with E-state index in [4.69, 9.17) is 4.74 Å². The summed E-state index contributed by atoms with van der Waals surface area (Å²) in [7, 11) is 1.38. The molecule has 35 heavy (non-hydrogen) atoms. The Morgan fingerprint density at radius 2 is 1.83 bits per heavy atom. The van der Waals surface area contributed by atoms with Crippen molar-refractivity contribution < 1.29 is 27.5 Å². The summed E-state index contributed by atoms with van der Waals surface area (Å²) in [6.45, 7) is 2.04. The molecule has 0 saturated heterocycles. The molecule has 1 N–H and O–H groups in total. The molecule has 2 aromatic rings. The number of pyridine rings is 1. The van der Waals surface area contributed by atoms with Gasteiger partial charge in [0, 0.05) is 32.4 Å². The van der Waals surface area contributed by atoms with Crippen LogP contribution < -0.4 is 5.32 Å². The van der Waals surface area contributed by atoms with Gasteiger partial charge < -0.3 is 10.1 Å². The first kappa shape index (κ1) is 25.2. The first-order valence-corrected chi connectivity index (χ1v) is 11.9. The molecule has 1 aromatic carbocycles. The molecule has 2 heterocycles. The fraction of sp³-hybridized carbons (Fsp3) is 0.500. The number of carbonyl (C=O) groups excluding carboxylic acids is 2. The Hall–Kier alpha value is -2.94. The van der Waals surface area contributed by atoms with Crippen LogP contribution in [0.25, 0.3) is 0 Å². The predicted molar refractivity (Wildman–Crippen MR) is 123 cm³/mol. The third-order valence-corrected chi connectivity index (χ3v) is 7.06. The van der Waals surface area contributed by atoms with Crippen molar-refractivity contribution in [3.63, 3.8) is 0 Å². The van der Waals surface area contributed by atoms with Crippen molar-refractivity contribution in [3.8, 4) is 0 Å². The smallest absolute Gasteiger partial charge is 0.416 e. The Kier molecular flexibility index (Phi) is 7.44. The summed E-state index contributed by atoms with van der Waals surface area (Å²) in [5.74, 6) is -0.482. The molecule has 1 saturated carbocycles. The summed E-state index contributed by atoms with van der Waals surface area (Å²) in [4.78, 5) is 31.4. The van der Waals surface area contributed by atoms with Crippen molar-refractivity contribution in [1.82, 2.24) is 15.2 Å². The molecule has 0 radical (unpaired) electrons. The molecule has 0 bridgehead atoms. The third kappa shape index (κ3) is 6.20. The number of aromatic nitrogens is 1. The minimum absolute atomic E-state index is 0.226. The van der Waals surface area contributed by atoms with Crippen LogP contribution >= 0.6 is 0 Å². The number of hydrogen-bond acceptors (Lipinski definition) is 5. The van der Waals surface area contributed by atoms with Gasteiger partial charge >= 0.3 is 12.1 Å². The van der Waals surface area contributed by atoms with Crippen LogP contribution in [0.15, 0.2) is 36.5 Å². The Balaban J connectivity index is 1.36. The highest BCUT2D eigenvalue weighted by Crippen LogP contribution is 2.39. The number of nitrogens with one attached hydrogen (secondary N) is 1. The maximum absolute atomic E-state index is 12.9. The van der Waals surface area contributed by atoms with Crippen LogP contribution in [-0.4, -0.2) is 35.4 Å². The van der Waals surface area contributed by atoms with Gasteiger partial charge in [0.05, 0.1) is 30.4 Å². The zero-order valence-corrected chi connectivity index (χ0v) is 19.8. The average molecular weight is 490 g/mol. The summed E-state index contributed by atoms with van der Waals surface area (Å²) >= 11 is 0. The van der Waals surface area contributed by atoms with Crippen LogP contribution in [-0.2, 0) is 35.3 Å². The molecular formula is C26H30F3N3O3. The summed E-state index contributed by atoms with van der Waals surface area (Å²) < 4.78 is 43.2. The van der Waals surface area contributed by atoms with Gasteiger partial charge in [-0.25, -0.2) is 0 Å². The van der Waals surface area contributed by atoms with Crippen molar-refractivity contribution >= 4 is 11.9 Å². The van der Waals surface area contributed by atoms with Crippen molar-refractivity contribution in [2.24, 2.45) is 5.41 Å².